The molecule has 6 heteroatoms. The molecule has 0 unspecified atom stereocenters. The van der Waals surface area contributed by atoms with Crippen LogP contribution in [0.25, 0.3) is 22.3 Å². The summed E-state index contributed by atoms with van der Waals surface area (Å²) in [5.41, 5.74) is 4.99. The lowest BCUT2D eigenvalue weighted by atomic mass is 9.97. The number of H-pyrrole nitrogens is 1. The highest BCUT2D eigenvalue weighted by Crippen LogP contribution is 2.30. The molecule has 3 aromatic heterocycles. The molecule has 3 heterocycles. The maximum Gasteiger partial charge on any atom is 0.316 e. The minimum absolute atomic E-state index is 0.203. The van der Waals surface area contributed by atoms with Crippen molar-refractivity contribution in [2.45, 2.75) is 19.3 Å². The zero-order valence-corrected chi connectivity index (χ0v) is 12.1. The number of aryl methyl sites for hydroxylation is 1. The van der Waals surface area contributed by atoms with Crippen LogP contribution >= 0.6 is 0 Å². The predicted octanol–water partition coefficient (Wildman–Crippen LogP) is 2.55. The molecular weight excluding hydrogens is 280 g/mol. The summed E-state index contributed by atoms with van der Waals surface area (Å²) < 4.78 is 5.10. The van der Waals surface area contributed by atoms with Gasteiger partial charge in [-0.05, 0) is 25.0 Å². The number of aromatic nitrogens is 4. The Balaban J connectivity index is 1.92. The Morgan fingerprint density at radius 3 is 2.95 bits per heavy atom. The van der Waals surface area contributed by atoms with Crippen molar-refractivity contribution in [2.24, 2.45) is 0 Å². The second-order valence-electron chi connectivity index (χ2n) is 5.30. The molecule has 0 radical (unpaired) electrons. The molecule has 0 spiro atoms. The molecule has 22 heavy (non-hydrogen) atoms. The molecule has 0 amide bonds. The van der Waals surface area contributed by atoms with Crippen LogP contribution in [0, 0.1) is 0 Å². The number of rotatable bonds is 2. The summed E-state index contributed by atoms with van der Waals surface area (Å²) in [4.78, 5) is 28.1. The van der Waals surface area contributed by atoms with E-state index in [1.165, 1.54) is 7.11 Å². The Bertz CT molecular complexity index is 885. The summed E-state index contributed by atoms with van der Waals surface area (Å²) in [6, 6.07) is 4.10. The number of nitrogens with zero attached hydrogens (tertiary/aromatic N) is 3. The lowest BCUT2D eigenvalue weighted by Crippen LogP contribution is -2.08. The van der Waals surface area contributed by atoms with Gasteiger partial charge in [0.25, 0.3) is 0 Å². The number of pyridine rings is 1. The molecule has 110 valence electrons. The van der Waals surface area contributed by atoms with E-state index in [0.717, 1.165) is 35.4 Å². The predicted molar refractivity (Wildman–Crippen MR) is 80.9 cm³/mol. The van der Waals surface area contributed by atoms with Crippen LogP contribution in [0.4, 0.5) is 0 Å². The number of ketones is 1. The molecule has 0 aliphatic heterocycles. The normalized spacial score (nSPS) is 14.1. The molecule has 3 aromatic rings. The van der Waals surface area contributed by atoms with Gasteiger partial charge in [-0.2, -0.15) is 4.98 Å². The van der Waals surface area contributed by atoms with Gasteiger partial charge in [-0.3, -0.25) is 9.78 Å². The first-order valence-corrected chi connectivity index (χ1v) is 7.17. The number of methoxy groups -OCH3 is 1. The maximum atomic E-state index is 12.0. The first-order valence-electron chi connectivity index (χ1n) is 7.17. The van der Waals surface area contributed by atoms with Crippen molar-refractivity contribution in [3.05, 3.63) is 35.8 Å². The average Bonchev–Trinajstić information content (AvgIpc) is 2.99. The van der Waals surface area contributed by atoms with Crippen molar-refractivity contribution < 1.29 is 9.53 Å². The summed E-state index contributed by atoms with van der Waals surface area (Å²) in [6.45, 7) is 0. The van der Waals surface area contributed by atoms with E-state index < -0.39 is 0 Å². The lowest BCUT2D eigenvalue weighted by Gasteiger charge is -2.08. The number of Topliss-reactive ketones (excluding diaryl/α,β-unsaturated/α-hetero) is 1. The van der Waals surface area contributed by atoms with Gasteiger partial charge in [-0.15, -0.1) is 0 Å². The van der Waals surface area contributed by atoms with Gasteiger partial charge in [0.2, 0.25) is 0 Å². The van der Waals surface area contributed by atoms with Gasteiger partial charge in [-0.25, -0.2) is 4.98 Å². The van der Waals surface area contributed by atoms with Gasteiger partial charge >= 0.3 is 6.01 Å². The third-order valence-corrected chi connectivity index (χ3v) is 3.96. The first-order chi connectivity index (χ1) is 10.8. The van der Waals surface area contributed by atoms with Crippen molar-refractivity contribution in [3.8, 4) is 17.3 Å². The molecule has 1 aliphatic carbocycles. The van der Waals surface area contributed by atoms with Crippen LogP contribution in [0.3, 0.4) is 0 Å². The number of hydrogen-bond acceptors (Lipinski definition) is 5. The molecule has 0 aromatic carbocycles. The highest BCUT2D eigenvalue weighted by atomic mass is 16.5. The zero-order valence-electron chi connectivity index (χ0n) is 12.1. The average molecular weight is 294 g/mol. The number of fused-ring (bicyclic) bond motifs is 2. The van der Waals surface area contributed by atoms with Gasteiger partial charge in [0.05, 0.1) is 13.3 Å². The van der Waals surface area contributed by atoms with Crippen LogP contribution in [0.2, 0.25) is 0 Å². The standard InChI is InChI=1S/C16H14N4O2/c1-22-16-18-8-13-15(20-16)9(5-6-17-13)12-7-10-11(19-12)3-2-4-14(10)21/h5-8,19H,2-4H2,1H3. The van der Waals surface area contributed by atoms with E-state index in [1.54, 1.807) is 12.4 Å². The highest BCUT2D eigenvalue weighted by Gasteiger charge is 2.21. The number of nitrogens with one attached hydrogen (secondary N) is 1. The lowest BCUT2D eigenvalue weighted by molar-refractivity contribution is 0.0972. The van der Waals surface area contributed by atoms with Gasteiger partial charge in [0.15, 0.2) is 5.78 Å². The van der Waals surface area contributed by atoms with E-state index in [-0.39, 0.29) is 5.78 Å². The topological polar surface area (TPSA) is 80.8 Å². The van der Waals surface area contributed by atoms with Crippen molar-refractivity contribution in [3.63, 3.8) is 0 Å². The van der Waals surface area contributed by atoms with E-state index in [1.807, 2.05) is 12.1 Å². The zero-order chi connectivity index (χ0) is 15.1. The summed E-state index contributed by atoms with van der Waals surface area (Å²) in [5.74, 6) is 0.203. The van der Waals surface area contributed by atoms with Crippen LogP contribution in [-0.2, 0) is 6.42 Å². The number of hydrogen-bond donors (Lipinski definition) is 1. The van der Waals surface area contributed by atoms with Gasteiger partial charge in [0, 0.05) is 35.1 Å². The second kappa shape index (κ2) is 4.91. The van der Waals surface area contributed by atoms with Crippen LogP contribution in [-0.4, -0.2) is 32.8 Å². The SMILES string of the molecule is COc1ncc2nccc(-c3cc4c([nH]3)CCCC4=O)c2n1. The molecule has 0 saturated carbocycles. The van der Waals surface area contributed by atoms with Crippen molar-refractivity contribution in [2.75, 3.05) is 7.11 Å². The third kappa shape index (κ3) is 1.95. The summed E-state index contributed by atoms with van der Waals surface area (Å²) in [7, 11) is 1.53. The summed E-state index contributed by atoms with van der Waals surface area (Å²) in [6.07, 6.45) is 5.78. The fraction of sp³-hybridized carbons (Fsp3) is 0.250. The molecule has 1 N–H and O–H groups in total. The molecule has 1 aliphatic rings. The number of carbonyl (C=O) groups is 1. The monoisotopic (exact) mass is 294 g/mol. The summed E-state index contributed by atoms with van der Waals surface area (Å²) in [5, 5.41) is 0. The van der Waals surface area contributed by atoms with Crippen molar-refractivity contribution in [1.82, 2.24) is 19.9 Å². The van der Waals surface area contributed by atoms with Crippen LogP contribution < -0.4 is 4.74 Å². The van der Waals surface area contributed by atoms with Crippen LogP contribution in [0.5, 0.6) is 6.01 Å². The Kier molecular flexibility index (Phi) is 2.89. The van der Waals surface area contributed by atoms with Crippen molar-refractivity contribution in [1.29, 1.82) is 0 Å². The number of ether oxygens (including phenoxy) is 1. The molecule has 0 atom stereocenters. The molecule has 6 nitrogen and oxygen atoms in total. The molecule has 0 bridgehead atoms. The Morgan fingerprint density at radius 2 is 2.14 bits per heavy atom. The summed E-state index contributed by atoms with van der Waals surface area (Å²) >= 11 is 0. The van der Waals surface area contributed by atoms with E-state index >= 15 is 0 Å². The molecule has 4 rings (SSSR count). The molecule has 0 saturated heterocycles. The highest BCUT2D eigenvalue weighted by molar-refractivity contribution is 6.00. The maximum absolute atomic E-state index is 12.0. The number of carbonyl (C=O) groups excluding carboxylic acids is 1. The van der Waals surface area contributed by atoms with E-state index in [9.17, 15) is 4.79 Å². The van der Waals surface area contributed by atoms with Gasteiger partial charge in [-0.1, -0.05) is 0 Å². The van der Waals surface area contributed by atoms with E-state index in [2.05, 4.69) is 19.9 Å². The fourth-order valence-corrected chi connectivity index (χ4v) is 2.89. The minimum atomic E-state index is 0.203. The third-order valence-electron chi connectivity index (χ3n) is 3.96. The Morgan fingerprint density at radius 1 is 1.23 bits per heavy atom. The first kappa shape index (κ1) is 12.9. The van der Waals surface area contributed by atoms with Crippen molar-refractivity contribution >= 4 is 16.8 Å². The smallest absolute Gasteiger partial charge is 0.316 e. The minimum Gasteiger partial charge on any atom is -0.467 e. The largest absolute Gasteiger partial charge is 0.467 e. The number of aromatic amines is 1. The fourth-order valence-electron chi connectivity index (χ4n) is 2.89. The molecular formula is C16H14N4O2. The Hall–Kier alpha value is -2.76. The van der Waals surface area contributed by atoms with E-state index in [0.29, 0.717) is 23.5 Å². The van der Waals surface area contributed by atoms with Gasteiger partial charge < -0.3 is 9.72 Å². The quantitative estimate of drug-likeness (QED) is 0.785. The van der Waals surface area contributed by atoms with Crippen LogP contribution in [0.15, 0.2) is 24.5 Å². The van der Waals surface area contributed by atoms with Crippen LogP contribution in [0.1, 0.15) is 28.9 Å². The van der Waals surface area contributed by atoms with Gasteiger partial charge in [0.1, 0.15) is 11.0 Å². The second-order valence-corrected chi connectivity index (χ2v) is 5.30. The molecule has 0 fully saturated rings. The van der Waals surface area contributed by atoms with E-state index in [4.69, 9.17) is 4.74 Å². The Labute approximate surface area is 126 Å².